The lowest BCUT2D eigenvalue weighted by Gasteiger charge is -2.28. The predicted octanol–water partition coefficient (Wildman–Crippen LogP) is 3.16. The Morgan fingerprint density at radius 3 is 2.48 bits per heavy atom. The summed E-state index contributed by atoms with van der Waals surface area (Å²) in [5.74, 6) is 1.97. The number of fused-ring (bicyclic) bond motifs is 1. The minimum atomic E-state index is 0.435. The van der Waals surface area contributed by atoms with Gasteiger partial charge in [-0.25, -0.2) is 0 Å². The summed E-state index contributed by atoms with van der Waals surface area (Å²) in [4.78, 5) is 8.72. The summed E-state index contributed by atoms with van der Waals surface area (Å²) in [6.07, 6.45) is 6.63. The van der Waals surface area contributed by atoms with Gasteiger partial charge in [-0.2, -0.15) is 10.3 Å². The van der Waals surface area contributed by atoms with Crippen molar-refractivity contribution in [3.05, 3.63) is 23.3 Å². The molecule has 1 aromatic carbocycles. The normalized spacial score (nSPS) is 20.1. The SMILES string of the molecule is COc1cc2c(cc1OC)C(C1CCC(=NC#N)CC1)=NCC2. The van der Waals surface area contributed by atoms with Crippen LogP contribution in [0, 0.1) is 17.4 Å². The van der Waals surface area contributed by atoms with Crippen molar-refractivity contribution in [3.63, 3.8) is 0 Å². The van der Waals surface area contributed by atoms with Crippen molar-refractivity contribution in [2.24, 2.45) is 15.9 Å². The summed E-state index contributed by atoms with van der Waals surface area (Å²) >= 11 is 0. The maximum absolute atomic E-state index is 8.68. The highest BCUT2D eigenvalue weighted by Crippen LogP contribution is 2.36. The standard InChI is InChI=1S/C18H21N3O2/c1-22-16-9-13-7-8-20-18(15(13)10-17(16)23-2)12-3-5-14(6-4-12)21-11-19/h9-10,12H,3-8H2,1-2H3. The van der Waals surface area contributed by atoms with Gasteiger partial charge in [0.1, 0.15) is 0 Å². The van der Waals surface area contributed by atoms with E-state index < -0.39 is 0 Å². The highest BCUT2D eigenvalue weighted by molar-refractivity contribution is 6.05. The van der Waals surface area contributed by atoms with Gasteiger partial charge in [0, 0.05) is 29.4 Å². The molecule has 1 heterocycles. The number of methoxy groups -OCH3 is 2. The molecule has 0 unspecified atom stereocenters. The second kappa shape index (κ2) is 6.82. The van der Waals surface area contributed by atoms with Gasteiger partial charge in [0.15, 0.2) is 11.5 Å². The van der Waals surface area contributed by atoms with Crippen molar-refractivity contribution in [1.82, 2.24) is 0 Å². The van der Waals surface area contributed by atoms with E-state index in [0.717, 1.165) is 55.9 Å². The minimum Gasteiger partial charge on any atom is -0.493 e. The van der Waals surface area contributed by atoms with Crippen LogP contribution in [0.4, 0.5) is 0 Å². The molecular formula is C18H21N3O2. The summed E-state index contributed by atoms with van der Waals surface area (Å²) in [6.45, 7) is 0.827. The van der Waals surface area contributed by atoms with Crippen LogP contribution in [0.2, 0.25) is 0 Å². The van der Waals surface area contributed by atoms with Gasteiger partial charge < -0.3 is 9.47 Å². The topological polar surface area (TPSA) is 67.0 Å². The monoisotopic (exact) mass is 311 g/mol. The molecule has 23 heavy (non-hydrogen) atoms. The first-order valence-corrected chi connectivity index (χ1v) is 8.01. The molecule has 1 aliphatic heterocycles. The van der Waals surface area contributed by atoms with E-state index >= 15 is 0 Å². The van der Waals surface area contributed by atoms with Crippen LogP contribution in [0.5, 0.6) is 11.5 Å². The number of nitrogens with zero attached hydrogens (tertiary/aromatic N) is 3. The molecule has 1 fully saturated rings. The summed E-state index contributed by atoms with van der Waals surface area (Å²) in [6, 6.07) is 4.14. The first-order chi connectivity index (χ1) is 11.3. The first-order valence-electron chi connectivity index (χ1n) is 8.01. The molecule has 0 N–H and O–H groups in total. The summed E-state index contributed by atoms with van der Waals surface area (Å²) < 4.78 is 10.9. The Bertz CT molecular complexity index is 691. The third kappa shape index (κ3) is 3.07. The highest BCUT2D eigenvalue weighted by Gasteiger charge is 2.27. The fraction of sp³-hybridized carbons (Fsp3) is 0.500. The number of rotatable bonds is 3. The van der Waals surface area contributed by atoms with Crippen molar-refractivity contribution in [1.29, 1.82) is 5.26 Å². The molecule has 0 atom stereocenters. The van der Waals surface area contributed by atoms with E-state index in [2.05, 4.69) is 17.1 Å². The summed E-state index contributed by atoms with van der Waals surface area (Å²) in [7, 11) is 3.33. The zero-order valence-corrected chi connectivity index (χ0v) is 13.6. The van der Waals surface area contributed by atoms with Crippen LogP contribution < -0.4 is 9.47 Å². The average molecular weight is 311 g/mol. The maximum Gasteiger partial charge on any atom is 0.205 e. The Kier molecular flexibility index (Phi) is 4.61. The molecule has 3 rings (SSSR count). The summed E-state index contributed by atoms with van der Waals surface area (Å²) in [5.41, 5.74) is 4.68. The summed E-state index contributed by atoms with van der Waals surface area (Å²) in [5, 5.41) is 8.68. The zero-order valence-electron chi connectivity index (χ0n) is 13.6. The number of aliphatic imine (C=N–C) groups is 2. The van der Waals surface area contributed by atoms with Crippen LogP contribution in [-0.2, 0) is 6.42 Å². The quantitative estimate of drug-likeness (QED) is 0.805. The van der Waals surface area contributed by atoms with E-state index in [0.29, 0.717) is 5.92 Å². The molecule has 120 valence electrons. The average Bonchev–Trinajstić information content (AvgIpc) is 2.61. The van der Waals surface area contributed by atoms with Crippen LogP contribution in [0.15, 0.2) is 22.1 Å². The van der Waals surface area contributed by atoms with Gasteiger partial charge in [0.2, 0.25) is 6.19 Å². The van der Waals surface area contributed by atoms with Crippen molar-refractivity contribution in [2.45, 2.75) is 32.1 Å². The van der Waals surface area contributed by atoms with E-state index in [1.807, 2.05) is 6.19 Å². The number of hydrogen-bond acceptors (Lipinski definition) is 5. The van der Waals surface area contributed by atoms with Gasteiger partial charge in [-0.3, -0.25) is 4.99 Å². The molecule has 0 radical (unpaired) electrons. The van der Waals surface area contributed by atoms with Crippen molar-refractivity contribution < 1.29 is 9.47 Å². The number of nitriles is 1. The van der Waals surface area contributed by atoms with Crippen LogP contribution >= 0.6 is 0 Å². The van der Waals surface area contributed by atoms with E-state index in [1.54, 1.807) is 14.2 Å². The lowest BCUT2D eigenvalue weighted by atomic mass is 9.80. The molecule has 0 saturated heterocycles. The van der Waals surface area contributed by atoms with Gasteiger partial charge in [0.25, 0.3) is 0 Å². The second-order valence-corrected chi connectivity index (χ2v) is 5.93. The Morgan fingerprint density at radius 1 is 1.13 bits per heavy atom. The van der Waals surface area contributed by atoms with E-state index in [4.69, 9.17) is 19.7 Å². The number of benzene rings is 1. The van der Waals surface area contributed by atoms with Crippen molar-refractivity contribution >= 4 is 11.4 Å². The number of ether oxygens (including phenoxy) is 2. The molecule has 2 aliphatic rings. The Labute approximate surface area is 136 Å². The lowest BCUT2D eigenvalue weighted by Crippen LogP contribution is -2.26. The van der Waals surface area contributed by atoms with Gasteiger partial charge in [-0.05, 0) is 49.8 Å². The van der Waals surface area contributed by atoms with Gasteiger partial charge in [0.05, 0.1) is 14.2 Å². The van der Waals surface area contributed by atoms with Crippen LogP contribution in [0.25, 0.3) is 0 Å². The fourth-order valence-electron chi connectivity index (χ4n) is 3.50. The van der Waals surface area contributed by atoms with E-state index in [9.17, 15) is 0 Å². The largest absolute Gasteiger partial charge is 0.493 e. The van der Waals surface area contributed by atoms with Crippen molar-refractivity contribution in [2.75, 3.05) is 20.8 Å². The molecule has 0 spiro atoms. The third-order valence-electron chi connectivity index (χ3n) is 4.71. The maximum atomic E-state index is 8.68. The molecule has 1 saturated carbocycles. The lowest BCUT2D eigenvalue weighted by molar-refractivity contribution is 0.354. The molecule has 1 aromatic rings. The molecular weight excluding hydrogens is 290 g/mol. The molecule has 5 heteroatoms. The zero-order chi connectivity index (χ0) is 16.2. The smallest absolute Gasteiger partial charge is 0.205 e. The van der Waals surface area contributed by atoms with Gasteiger partial charge in [-0.15, -0.1) is 0 Å². The molecule has 5 nitrogen and oxygen atoms in total. The van der Waals surface area contributed by atoms with Crippen LogP contribution in [0.3, 0.4) is 0 Å². The van der Waals surface area contributed by atoms with Crippen molar-refractivity contribution in [3.8, 4) is 17.7 Å². The fourth-order valence-corrected chi connectivity index (χ4v) is 3.50. The van der Waals surface area contributed by atoms with E-state index in [1.165, 1.54) is 16.8 Å². The van der Waals surface area contributed by atoms with Gasteiger partial charge >= 0.3 is 0 Å². The number of hydrogen-bond donors (Lipinski definition) is 0. The first kappa shape index (κ1) is 15.5. The molecule has 0 bridgehead atoms. The molecule has 1 aliphatic carbocycles. The highest BCUT2D eigenvalue weighted by atomic mass is 16.5. The second-order valence-electron chi connectivity index (χ2n) is 5.93. The Morgan fingerprint density at radius 2 is 1.83 bits per heavy atom. The molecule has 0 amide bonds. The minimum absolute atomic E-state index is 0.435. The Hall–Kier alpha value is -2.35. The van der Waals surface area contributed by atoms with Gasteiger partial charge in [-0.1, -0.05) is 0 Å². The Balaban J connectivity index is 1.88. The van der Waals surface area contributed by atoms with Crippen LogP contribution in [0.1, 0.15) is 36.8 Å². The molecule has 0 aromatic heterocycles. The van der Waals surface area contributed by atoms with Crippen LogP contribution in [-0.4, -0.2) is 32.2 Å². The van der Waals surface area contributed by atoms with E-state index in [-0.39, 0.29) is 0 Å². The predicted molar refractivity (Wildman–Crippen MR) is 89.7 cm³/mol. The third-order valence-corrected chi connectivity index (χ3v) is 4.71.